The molecule has 0 unspecified atom stereocenters. The van der Waals surface area contributed by atoms with E-state index in [4.69, 9.17) is 0 Å². The maximum Gasteiger partial charge on any atom is 0.0955 e. The van der Waals surface area contributed by atoms with Crippen LogP contribution in [0.15, 0.2) is 46.5 Å². The van der Waals surface area contributed by atoms with E-state index in [1.165, 1.54) is 10.5 Å². The van der Waals surface area contributed by atoms with E-state index in [0.29, 0.717) is 0 Å². The summed E-state index contributed by atoms with van der Waals surface area (Å²) in [5.41, 5.74) is 1.29. The number of H-pyrrole nitrogens is 1. The van der Waals surface area contributed by atoms with Crippen molar-refractivity contribution >= 4 is 11.8 Å². The van der Waals surface area contributed by atoms with Crippen molar-refractivity contribution in [2.45, 2.75) is 16.8 Å². The Hall–Kier alpha value is -1.22. The molecular weight excluding hydrogens is 180 g/mol. The third-order valence-electron chi connectivity index (χ3n) is 1.72. The van der Waals surface area contributed by atoms with Crippen molar-refractivity contribution < 1.29 is 0 Å². The molecule has 0 atom stereocenters. The highest BCUT2D eigenvalue weighted by Crippen LogP contribution is 2.25. The van der Waals surface area contributed by atoms with Crippen LogP contribution in [0.3, 0.4) is 0 Å². The molecule has 66 valence electrons. The van der Waals surface area contributed by atoms with Gasteiger partial charge in [-0.3, -0.25) is 5.10 Å². The number of nitrogens with zero attached hydrogens (tertiary/aromatic N) is 1. The van der Waals surface area contributed by atoms with Crippen molar-refractivity contribution in [2.24, 2.45) is 0 Å². The number of rotatable bonds is 2. The molecule has 13 heavy (non-hydrogen) atoms. The predicted molar refractivity (Wildman–Crippen MR) is 53.9 cm³/mol. The number of aryl methyl sites for hydroxylation is 1. The van der Waals surface area contributed by atoms with E-state index in [2.05, 4.69) is 41.4 Å². The molecule has 0 aliphatic rings. The molecule has 0 saturated heterocycles. The Kier molecular flexibility index (Phi) is 2.36. The van der Waals surface area contributed by atoms with Crippen molar-refractivity contribution in [3.8, 4) is 0 Å². The minimum atomic E-state index is 1.07. The Bertz CT molecular complexity index is 364. The van der Waals surface area contributed by atoms with Gasteiger partial charge in [0.15, 0.2) is 0 Å². The molecule has 2 rings (SSSR count). The van der Waals surface area contributed by atoms with Crippen molar-refractivity contribution in [1.29, 1.82) is 0 Å². The van der Waals surface area contributed by atoms with Crippen LogP contribution in [0.25, 0.3) is 0 Å². The molecule has 0 amide bonds. The van der Waals surface area contributed by atoms with Crippen LogP contribution in [-0.2, 0) is 0 Å². The number of benzene rings is 1. The lowest BCUT2D eigenvalue weighted by Gasteiger charge is -1.98. The van der Waals surface area contributed by atoms with Crippen LogP contribution in [0.4, 0.5) is 0 Å². The van der Waals surface area contributed by atoms with Gasteiger partial charge >= 0.3 is 0 Å². The summed E-state index contributed by atoms with van der Waals surface area (Å²) in [7, 11) is 0. The Morgan fingerprint density at radius 2 is 1.92 bits per heavy atom. The quantitative estimate of drug-likeness (QED) is 0.788. The Morgan fingerprint density at radius 3 is 2.54 bits per heavy atom. The number of nitrogens with one attached hydrogen (secondary N) is 1. The summed E-state index contributed by atoms with van der Waals surface area (Å²) in [6.07, 6.45) is 1.76. The average molecular weight is 190 g/mol. The zero-order valence-electron chi connectivity index (χ0n) is 7.32. The van der Waals surface area contributed by atoms with E-state index < -0.39 is 0 Å². The van der Waals surface area contributed by atoms with E-state index in [1.54, 1.807) is 18.0 Å². The molecule has 0 fully saturated rings. The Balaban J connectivity index is 2.15. The molecule has 0 aliphatic heterocycles. The number of hydrogen-bond donors (Lipinski definition) is 1. The standard InChI is InChI=1S/C10H10N2S/c1-8-2-4-9(5-3-8)13-10-6-7-11-12-10/h2-7H,1H3,(H,11,12). The molecule has 0 spiro atoms. The molecule has 0 saturated carbocycles. The molecule has 2 nitrogen and oxygen atoms in total. The SMILES string of the molecule is Cc1ccc(Sc2ccn[nH]2)cc1. The molecule has 1 heterocycles. The van der Waals surface area contributed by atoms with Crippen LogP contribution in [0.1, 0.15) is 5.56 Å². The topological polar surface area (TPSA) is 28.7 Å². The molecule has 1 N–H and O–H groups in total. The molecule has 1 aromatic carbocycles. The minimum Gasteiger partial charge on any atom is -0.272 e. The Morgan fingerprint density at radius 1 is 1.15 bits per heavy atom. The van der Waals surface area contributed by atoms with Crippen LogP contribution in [0.5, 0.6) is 0 Å². The molecule has 1 aromatic heterocycles. The second kappa shape index (κ2) is 3.66. The summed E-state index contributed by atoms with van der Waals surface area (Å²) in [5, 5.41) is 7.88. The van der Waals surface area contributed by atoms with Crippen LogP contribution < -0.4 is 0 Å². The van der Waals surface area contributed by atoms with Gasteiger partial charge in [-0.05, 0) is 25.1 Å². The van der Waals surface area contributed by atoms with E-state index in [1.807, 2.05) is 6.07 Å². The predicted octanol–water partition coefficient (Wildman–Crippen LogP) is 2.87. The largest absolute Gasteiger partial charge is 0.272 e. The van der Waals surface area contributed by atoms with Gasteiger partial charge in [0.2, 0.25) is 0 Å². The van der Waals surface area contributed by atoms with E-state index in [0.717, 1.165) is 5.03 Å². The minimum absolute atomic E-state index is 1.07. The first kappa shape index (κ1) is 8.38. The fraction of sp³-hybridized carbons (Fsp3) is 0.100. The average Bonchev–Trinajstić information content (AvgIpc) is 2.62. The zero-order chi connectivity index (χ0) is 9.10. The van der Waals surface area contributed by atoms with Gasteiger partial charge in [0.25, 0.3) is 0 Å². The lowest BCUT2D eigenvalue weighted by atomic mass is 10.2. The maximum absolute atomic E-state index is 3.89. The van der Waals surface area contributed by atoms with Crippen LogP contribution >= 0.6 is 11.8 Å². The number of aromatic amines is 1. The van der Waals surface area contributed by atoms with Gasteiger partial charge in [-0.1, -0.05) is 29.5 Å². The van der Waals surface area contributed by atoms with Crippen molar-refractivity contribution in [3.63, 3.8) is 0 Å². The van der Waals surface area contributed by atoms with Gasteiger partial charge in [-0.25, -0.2) is 0 Å². The second-order valence-electron chi connectivity index (χ2n) is 2.84. The third kappa shape index (κ3) is 2.12. The Labute approximate surface area is 81.4 Å². The van der Waals surface area contributed by atoms with E-state index in [9.17, 15) is 0 Å². The van der Waals surface area contributed by atoms with Gasteiger partial charge in [-0.15, -0.1) is 0 Å². The van der Waals surface area contributed by atoms with E-state index in [-0.39, 0.29) is 0 Å². The summed E-state index contributed by atoms with van der Waals surface area (Å²) in [5.74, 6) is 0. The third-order valence-corrected chi connectivity index (χ3v) is 2.68. The molecule has 0 radical (unpaired) electrons. The molecular formula is C10H10N2S. The van der Waals surface area contributed by atoms with Crippen LogP contribution in [0.2, 0.25) is 0 Å². The maximum atomic E-state index is 3.89. The van der Waals surface area contributed by atoms with Gasteiger partial charge in [0.1, 0.15) is 0 Å². The zero-order valence-corrected chi connectivity index (χ0v) is 8.14. The van der Waals surface area contributed by atoms with Gasteiger partial charge in [0.05, 0.1) is 5.03 Å². The van der Waals surface area contributed by atoms with E-state index >= 15 is 0 Å². The fourth-order valence-corrected chi connectivity index (χ4v) is 1.79. The highest BCUT2D eigenvalue weighted by molar-refractivity contribution is 7.99. The normalized spacial score (nSPS) is 10.2. The van der Waals surface area contributed by atoms with Crippen molar-refractivity contribution in [2.75, 3.05) is 0 Å². The van der Waals surface area contributed by atoms with Crippen molar-refractivity contribution in [3.05, 3.63) is 42.1 Å². The van der Waals surface area contributed by atoms with Gasteiger partial charge < -0.3 is 0 Å². The first-order chi connectivity index (χ1) is 6.34. The number of hydrogen-bond acceptors (Lipinski definition) is 2. The fourth-order valence-electron chi connectivity index (χ4n) is 1.03. The highest BCUT2D eigenvalue weighted by Gasteiger charge is 1.96. The monoisotopic (exact) mass is 190 g/mol. The summed E-state index contributed by atoms with van der Waals surface area (Å²) in [6, 6.07) is 10.4. The van der Waals surface area contributed by atoms with Crippen LogP contribution in [-0.4, -0.2) is 10.2 Å². The van der Waals surface area contributed by atoms with Crippen molar-refractivity contribution in [1.82, 2.24) is 10.2 Å². The summed E-state index contributed by atoms with van der Waals surface area (Å²) >= 11 is 1.68. The lowest BCUT2D eigenvalue weighted by Crippen LogP contribution is -1.74. The van der Waals surface area contributed by atoms with Gasteiger partial charge in [-0.2, -0.15) is 5.10 Å². The van der Waals surface area contributed by atoms with Crippen LogP contribution in [0, 0.1) is 6.92 Å². The number of aromatic nitrogens is 2. The molecule has 0 bridgehead atoms. The summed E-state index contributed by atoms with van der Waals surface area (Å²) < 4.78 is 0. The first-order valence-electron chi connectivity index (χ1n) is 4.08. The van der Waals surface area contributed by atoms with Gasteiger partial charge in [0, 0.05) is 11.1 Å². The molecule has 0 aliphatic carbocycles. The summed E-state index contributed by atoms with van der Waals surface area (Å²) in [6.45, 7) is 2.09. The highest BCUT2D eigenvalue weighted by atomic mass is 32.2. The second-order valence-corrected chi connectivity index (χ2v) is 3.95. The molecule has 3 heteroatoms. The molecule has 2 aromatic rings. The smallest absolute Gasteiger partial charge is 0.0955 e. The lowest BCUT2D eigenvalue weighted by molar-refractivity contribution is 1.00. The summed E-state index contributed by atoms with van der Waals surface area (Å²) in [4.78, 5) is 1.23. The first-order valence-corrected chi connectivity index (χ1v) is 4.90.